The molecule has 6 heteroatoms. The number of rotatable bonds is 9. The second-order valence-electron chi connectivity index (χ2n) is 7.33. The minimum atomic E-state index is -0.209. The molecule has 158 valence electrons. The third kappa shape index (κ3) is 6.34. The predicted octanol–water partition coefficient (Wildman–Crippen LogP) is 3.36. The number of methoxy groups -OCH3 is 1. The Labute approximate surface area is 173 Å². The van der Waals surface area contributed by atoms with Gasteiger partial charge in [0, 0.05) is 46.3 Å². The van der Waals surface area contributed by atoms with Crippen molar-refractivity contribution in [1.29, 1.82) is 0 Å². The number of nitrogens with zero attached hydrogens (tertiary/aromatic N) is 1. The second-order valence-corrected chi connectivity index (χ2v) is 7.33. The van der Waals surface area contributed by atoms with Crippen LogP contribution >= 0.6 is 0 Å². The Hall–Kier alpha value is -2.31. The van der Waals surface area contributed by atoms with Crippen LogP contribution in [0.4, 0.5) is 0 Å². The van der Waals surface area contributed by atoms with Crippen molar-refractivity contribution in [2.24, 2.45) is 4.99 Å². The lowest BCUT2D eigenvalue weighted by molar-refractivity contribution is -0.0828. The molecule has 6 nitrogen and oxygen atoms in total. The average Bonchev–Trinajstić information content (AvgIpc) is 2.77. The van der Waals surface area contributed by atoms with E-state index >= 15 is 0 Å². The molecule has 2 aromatic rings. The average molecular weight is 400 g/mol. The third-order valence-electron chi connectivity index (χ3n) is 5.31. The molecule has 1 heterocycles. The van der Waals surface area contributed by atoms with E-state index in [1.807, 2.05) is 12.1 Å². The highest BCUT2D eigenvalue weighted by Crippen LogP contribution is 2.24. The van der Waals surface area contributed by atoms with Gasteiger partial charge >= 0.3 is 0 Å². The van der Waals surface area contributed by atoms with E-state index < -0.39 is 0 Å². The summed E-state index contributed by atoms with van der Waals surface area (Å²) < 4.78 is 17.1. The van der Waals surface area contributed by atoms with E-state index in [-0.39, 0.29) is 5.60 Å². The first-order chi connectivity index (χ1) is 14.2. The Kier molecular flexibility index (Phi) is 8.14. The maximum Gasteiger partial charge on any atom is 0.191 e. The molecule has 0 saturated carbocycles. The molecule has 1 aliphatic rings. The molecule has 0 aliphatic carbocycles. The smallest absolute Gasteiger partial charge is 0.191 e. The van der Waals surface area contributed by atoms with E-state index in [0.29, 0.717) is 13.2 Å². The fraction of sp³-hybridized carbons (Fsp3) is 0.522. The number of aliphatic imine (C=N–C) groups is 1. The van der Waals surface area contributed by atoms with E-state index in [1.54, 1.807) is 7.11 Å². The first-order valence-electron chi connectivity index (χ1n) is 10.5. The van der Waals surface area contributed by atoms with E-state index in [2.05, 4.69) is 47.9 Å². The van der Waals surface area contributed by atoms with Crippen LogP contribution in [0.1, 0.15) is 26.2 Å². The van der Waals surface area contributed by atoms with E-state index in [0.717, 1.165) is 57.3 Å². The molecule has 3 rings (SSSR count). The Morgan fingerprint density at radius 3 is 2.66 bits per heavy atom. The predicted molar refractivity (Wildman–Crippen MR) is 118 cm³/mol. The number of ether oxygens (including phenoxy) is 3. The molecule has 0 amide bonds. The van der Waals surface area contributed by atoms with Crippen molar-refractivity contribution in [3.63, 3.8) is 0 Å². The number of hydrogen-bond donors (Lipinski definition) is 2. The normalized spacial score (nSPS) is 16.6. The van der Waals surface area contributed by atoms with Crippen LogP contribution in [0.25, 0.3) is 10.8 Å². The fourth-order valence-corrected chi connectivity index (χ4v) is 3.46. The summed E-state index contributed by atoms with van der Waals surface area (Å²) in [6.45, 7) is 6.45. The van der Waals surface area contributed by atoms with Gasteiger partial charge in [-0.1, -0.05) is 30.3 Å². The van der Waals surface area contributed by atoms with Gasteiger partial charge in [-0.05, 0) is 36.2 Å². The van der Waals surface area contributed by atoms with Crippen molar-refractivity contribution in [3.05, 3.63) is 42.5 Å². The second kappa shape index (κ2) is 11.0. The summed E-state index contributed by atoms with van der Waals surface area (Å²) in [6, 6.07) is 14.5. The maximum atomic E-state index is 5.91. The van der Waals surface area contributed by atoms with Crippen LogP contribution in [0.15, 0.2) is 47.5 Å². The van der Waals surface area contributed by atoms with Crippen molar-refractivity contribution >= 4 is 16.7 Å². The van der Waals surface area contributed by atoms with Crippen molar-refractivity contribution in [2.45, 2.75) is 31.8 Å². The van der Waals surface area contributed by atoms with Crippen LogP contribution in [0.5, 0.6) is 5.75 Å². The molecule has 2 aromatic carbocycles. The summed E-state index contributed by atoms with van der Waals surface area (Å²) in [7, 11) is 1.77. The van der Waals surface area contributed by atoms with Gasteiger partial charge in [-0.2, -0.15) is 0 Å². The topological polar surface area (TPSA) is 64.1 Å². The zero-order valence-corrected chi connectivity index (χ0v) is 17.6. The minimum Gasteiger partial charge on any atom is -0.494 e. The number of nitrogens with one attached hydrogen (secondary N) is 2. The lowest BCUT2D eigenvalue weighted by Crippen LogP contribution is -2.44. The quantitative estimate of drug-likeness (QED) is 0.385. The highest BCUT2D eigenvalue weighted by Gasteiger charge is 2.32. The summed E-state index contributed by atoms with van der Waals surface area (Å²) in [5.74, 6) is 1.73. The molecule has 1 aliphatic heterocycles. The van der Waals surface area contributed by atoms with Crippen LogP contribution < -0.4 is 15.4 Å². The number of guanidine groups is 1. The molecule has 0 aromatic heterocycles. The van der Waals surface area contributed by atoms with Gasteiger partial charge in [-0.3, -0.25) is 4.99 Å². The fourth-order valence-electron chi connectivity index (χ4n) is 3.46. The van der Waals surface area contributed by atoms with E-state index in [1.165, 1.54) is 10.8 Å². The zero-order chi connectivity index (χ0) is 20.4. The van der Waals surface area contributed by atoms with Gasteiger partial charge in [-0.15, -0.1) is 0 Å². The minimum absolute atomic E-state index is 0.209. The molecular formula is C23H33N3O3. The van der Waals surface area contributed by atoms with Crippen LogP contribution in [-0.4, -0.2) is 58.1 Å². The standard InChI is InChI=1S/C23H33N3O3/c1-3-24-22(26-18-23(27-2)11-15-28-16-12-23)25-13-6-14-29-21-10-9-19-7-4-5-8-20(19)17-21/h4-5,7-10,17H,3,6,11-16,18H2,1-2H3,(H2,24,25,26). The van der Waals surface area contributed by atoms with Crippen LogP contribution in [0.2, 0.25) is 0 Å². The molecule has 0 spiro atoms. The van der Waals surface area contributed by atoms with Gasteiger partial charge in [0.15, 0.2) is 5.96 Å². The molecule has 0 unspecified atom stereocenters. The van der Waals surface area contributed by atoms with Gasteiger partial charge in [0.25, 0.3) is 0 Å². The first-order valence-corrected chi connectivity index (χ1v) is 10.5. The molecule has 0 radical (unpaired) electrons. The van der Waals surface area contributed by atoms with E-state index in [4.69, 9.17) is 19.2 Å². The van der Waals surface area contributed by atoms with Crippen LogP contribution in [0.3, 0.4) is 0 Å². The lowest BCUT2D eigenvalue weighted by atomic mass is 9.94. The van der Waals surface area contributed by atoms with Crippen molar-refractivity contribution in [2.75, 3.05) is 46.6 Å². The Morgan fingerprint density at radius 1 is 1.10 bits per heavy atom. The number of benzene rings is 2. The van der Waals surface area contributed by atoms with Crippen LogP contribution in [-0.2, 0) is 9.47 Å². The summed E-state index contributed by atoms with van der Waals surface area (Å²) in [5, 5.41) is 9.12. The zero-order valence-electron chi connectivity index (χ0n) is 17.6. The summed E-state index contributed by atoms with van der Waals surface area (Å²) in [6.07, 6.45) is 2.65. The van der Waals surface area contributed by atoms with Gasteiger partial charge in [-0.25, -0.2) is 0 Å². The molecule has 0 atom stereocenters. The first kappa shape index (κ1) is 21.4. The summed E-state index contributed by atoms with van der Waals surface area (Å²) >= 11 is 0. The Balaban J connectivity index is 1.43. The third-order valence-corrected chi connectivity index (χ3v) is 5.31. The Bertz CT molecular complexity index is 788. The van der Waals surface area contributed by atoms with Gasteiger partial charge in [0.1, 0.15) is 5.75 Å². The monoisotopic (exact) mass is 399 g/mol. The maximum absolute atomic E-state index is 5.91. The van der Waals surface area contributed by atoms with E-state index in [9.17, 15) is 0 Å². The van der Waals surface area contributed by atoms with Crippen molar-refractivity contribution < 1.29 is 14.2 Å². The highest BCUT2D eigenvalue weighted by atomic mass is 16.5. The molecule has 0 bridgehead atoms. The van der Waals surface area contributed by atoms with Crippen molar-refractivity contribution in [3.8, 4) is 5.75 Å². The summed E-state index contributed by atoms with van der Waals surface area (Å²) in [4.78, 5) is 4.74. The Morgan fingerprint density at radius 2 is 1.90 bits per heavy atom. The molecular weight excluding hydrogens is 366 g/mol. The van der Waals surface area contributed by atoms with Crippen molar-refractivity contribution in [1.82, 2.24) is 10.6 Å². The SMILES string of the molecule is CCNC(=NCC1(OC)CCOCC1)NCCCOc1ccc2ccccc2c1. The summed E-state index contributed by atoms with van der Waals surface area (Å²) in [5.41, 5.74) is -0.209. The molecule has 1 fully saturated rings. The highest BCUT2D eigenvalue weighted by molar-refractivity contribution is 5.83. The molecule has 2 N–H and O–H groups in total. The molecule has 29 heavy (non-hydrogen) atoms. The van der Waals surface area contributed by atoms with Gasteiger partial charge in [0.05, 0.1) is 18.8 Å². The number of fused-ring (bicyclic) bond motifs is 1. The molecule has 1 saturated heterocycles. The van der Waals surface area contributed by atoms with Gasteiger partial charge in [0.2, 0.25) is 0 Å². The number of hydrogen-bond acceptors (Lipinski definition) is 4. The largest absolute Gasteiger partial charge is 0.494 e. The lowest BCUT2D eigenvalue weighted by Gasteiger charge is -2.34. The van der Waals surface area contributed by atoms with Gasteiger partial charge < -0.3 is 24.8 Å². The van der Waals surface area contributed by atoms with Crippen LogP contribution in [0, 0.1) is 0 Å².